The number of aromatic hydroxyl groups is 1. The van der Waals surface area contributed by atoms with Crippen LogP contribution in [-0.2, 0) is 14.3 Å². The molecule has 5 heteroatoms. The first-order chi connectivity index (χ1) is 12.0. The highest BCUT2D eigenvalue weighted by Crippen LogP contribution is 2.42. The molecule has 1 heterocycles. The summed E-state index contributed by atoms with van der Waals surface area (Å²) in [4.78, 5) is 25.3. The average molecular weight is 339 g/mol. The number of carbonyl (C=O) groups is 2. The van der Waals surface area contributed by atoms with Crippen molar-refractivity contribution >= 4 is 11.8 Å². The van der Waals surface area contributed by atoms with Crippen LogP contribution in [0.5, 0.6) is 5.75 Å². The van der Waals surface area contributed by atoms with Gasteiger partial charge in [0.25, 0.3) is 0 Å². The van der Waals surface area contributed by atoms with Crippen molar-refractivity contribution in [1.82, 2.24) is 5.32 Å². The van der Waals surface area contributed by atoms with Gasteiger partial charge in [-0.25, -0.2) is 4.79 Å². The smallest absolute Gasteiger partial charge is 0.337 e. The second-order valence-electron chi connectivity index (χ2n) is 6.25. The second kappa shape index (κ2) is 6.97. The van der Waals surface area contributed by atoms with Gasteiger partial charge in [-0.1, -0.05) is 24.8 Å². The molecule has 1 aliphatic carbocycles. The van der Waals surface area contributed by atoms with E-state index in [0.29, 0.717) is 28.8 Å². The van der Waals surface area contributed by atoms with Crippen molar-refractivity contribution in [2.75, 3.05) is 6.61 Å². The number of phenolic OH excluding ortho intramolecular Hbond substituents is 1. The Balaban J connectivity index is 2.13. The van der Waals surface area contributed by atoms with Crippen molar-refractivity contribution in [2.24, 2.45) is 0 Å². The van der Waals surface area contributed by atoms with E-state index in [-0.39, 0.29) is 18.1 Å². The van der Waals surface area contributed by atoms with E-state index in [9.17, 15) is 14.7 Å². The van der Waals surface area contributed by atoms with E-state index in [0.717, 1.165) is 18.5 Å². The fourth-order valence-corrected chi connectivity index (χ4v) is 3.50. The predicted octanol–water partition coefficient (Wildman–Crippen LogP) is 3.09. The molecule has 0 bridgehead atoms. The number of hydrogen-bond acceptors (Lipinski definition) is 5. The topological polar surface area (TPSA) is 75.6 Å². The minimum Gasteiger partial charge on any atom is -0.508 e. The van der Waals surface area contributed by atoms with Crippen LogP contribution < -0.4 is 5.32 Å². The fraction of sp³-hybridized carbons (Fsp3) is 0.300. The van der Waals surface area contributed by atoms with E-state index in [1.165, 1.54) is 6.08 Å². The first kappa shape index (κ1) is 17.0. The SMILES string of the molecule is C=CCOC(=O)C1=C(C)NC2=C(C(=O)CCC2)C1c1cccc(O)c1. The average Bonchev–Trinajstić information content (AvgIpc) is 2.58. The molecule has 0 fully saturated rings. The Labute approximate surface area is 146 Å². The summed E-state index contributed by atoms with van der Waals surface area (Å²) in [5.74, 6) is -0.891. The van der Waals surface area contributed by atoms with Crippen molar-refractivity contribution in [3.8, 4) is 5.75 Å². The molecule has 2 N–H and O–H groups in total. The quantitative estimate of drug-likeness (QED) is 0.651. The highest BCUT2D eigenvalue weighted by atomic mass is 16.5. The van der Waals surface area contributed by atoms with Crippen LogP contribution in [0.4, 0.5) is 0 Å². The maximum atomic E-state index is 12.7. The zero-order valence-corrected chi connectivity index (χ0v) is 14.2. The minimum atomic E-state index is -0.534. The van der Waals surface area contributed by atoms with E-state index >= 15 is 0 Å². The highest BCUT2D eigenvalue weighted by Gasteiger charge is 2.39. The van der Waals surface area contributed by atoms with Gasteiger partial charge in [-0.15, -0.1) is 0 Å². The Morgan fingerprint density at radius 1 is 1.44 bits per heavy atom. The number of carbonyl (C=O) groups excluding carboxylic acids is 2. The summed E-state index contributed by atoms with van der Waals surface area (Å²) in [6.45, 7) is 5.47. The third-order valence-electron chi connectivity index (χ3n) is 4.53. The van der Waals surface area contributed by atoms with Crippen LogP contribution in [0, 0.1) is 0 Å². The third kappa shape index (κ3) is 3.22. The molecule has 130 valence electrons. The molecular weight excluding hydrogens is 318 g/mol. The Hall–Kier alpha value is -2.82. The van der Waals surface area contributed by atoms with E-state index in [2.05, 4.69) is 11.9 Å². The molecule has 0 spiro atoms. The van der Waals surface area contributed by atoms with Crippen molar-refractivity contribution in [3.63, 3.8) is 0 Å². The molecule has 3 rings (SSSR count). The Morgan fingerprint density at radius 2 is 2.24 bits per heavy atom. The number of nitrogens with one attached hydrogen (secondary N) is 1. The molecular formula is C20H21NO4. The van der Waals surface area contributed by atoms with Gasteiger partial charge >= 0.3 is 5.97 Å². The zero-order chi connectivity index (χ0) is 18.0. The summed E-state index contributed by atoms with van der Waals surface area (Å²) in [6.07, 6.45) is 3.53. The molecule has 1 unspecified atom stereocenters. The molecule has 2 aliphatic rings. The van der Waals surface area contributed by atoms with Gasteiger partial charge in [-0.05, 0) is 37.5 Å². The number of Topliss-reactive ketones (excluding diaryl/α,β-unsaturated/α-hetero) is 1. The van der Waals surface area contributed by atoms with Crippen molar-refractivity contribution in [1.29, 1.82) is 0 Å². The lowest BCUT2D eigenvalue weighted by Gasteiger charge is -2.34. The Kier molecular flexibility index (Phi) is 4.74. The molecule has 1 atom stereocenters. The predicted molar refractivity (Wildman–Crippen MR) is 93.7 cm³/mol. The molecule has 0 amide bonds. The monoisotopic (exact) mass is 339 g/mol. The standard InChI is InChI=1S/C20H21NO4/c1-3-10-25-20(24)17-12(2)21-15-8-5-9-16(23)19(15)18(17)13-6-4-7-14(22)11-13/h3-4,6-7,11,18,21-22H,1,5,8-10H2,2H3. The van der Waals surface area contributed by atoms with Crippen molar-refractivity contribution < 1.29 is 19.4 Å². The van der Waals surface area contributed by atoms with Crippen LogP contribution >= 0.6 is 0 Å². The van der Waals surface area contributed by atoms with Crippen molar-refractivity contribution in [2.45, 2.75) is 32.1 Å². The molecule has 0 saturated heterocycles. The molecule has 25 heavy (non-hydrogen) atoms. The lowest BCUT2D eigenvalue weighted by atomic mass is 9.75. The van der Waals surface area contributed by atoms with E-state index < -0.39 is 11.9 Å². The van der Waals surface area contributed by atoms with Gasteiger partial charge in [0.1, 0.15) is 12.4 Å². The molecule has 0 saturated carbocycles. The van der Waals surface area contributed by atoms with Crippen LogP contribution in [-0.4, -0.2) is 23.5 Å². The second-order valence-corrected chi connectivity index (χ2v) is 6.25. The summed E-state index contributed by atoms with van der Waals surface area (Å²) in [5.41, 5.74) is 3.25. The number of dihydropyridines is 1. The van der Waals surface area contributed by atoms with E-state index in [4.69, 9.17) is 4.74 Å². The number of esters is 1. The van der Waals surface area contributed by atoms with Crippen LogP contribution in [0.15, 0.2) is 59.5 Å². The molecule has 5 nitrogen and oxygen atoms in total. The minimum absolute atomic E-state index is 0.0311. The van der Waals surface area contributed by atoms with Gasteiger partial charge in [0.15, 0.2) is 5.78 Å². The summed E-state index contributed by atoms with van der Waals surface area (Å²) in [6, 6.07) is 6.68. The number of ether oxygens (including phenoxy) is 1. The van der Waals surface area contributed by atoms with E-state index in [1.807, 2.05) is 13.0 Å². The van der Waals surface area contributed by atoms with Gasteiger partial charge in [-0.3, -0.25) is 4.79 Å². The molecule has 0 aromatic heterocycles. The largest absolute Gasteiger partial charge is 0.508 e. The molecule has 1 aromatic rings. The number of benzene rings is 1. The zero-order valence-electron chi connectivity index (χ0n) is 14.2. The molecule has 0 radical (unpaired) electrons. The van der Waals surface area contributed by atoms with Gasteiger partial charge < -0.3 is 15.2 Å². The fourth-order valence-electron chi connectivity index (χ4n) is 3.50. The van der Waals surface area contributed by atoms with Gasteiger partial charge in [0, 0.05) is 29.3 Å². The lowest BCUT2D eigenvalue weighted by Crippen LogP contribution is -2.34. The maximum absolute atomic E-state index is 12.7. The normalized spacial score (nSPS) is 20.0. The number of phenols is 1. The maximum Gasteiger partial charge on any atom is 0.337 e. The first-order valence-corrected chi connectivity index (χ1v) is 8.34. The van der Waals surface area contributed by atoms with Crippen LogP contribution in [0.3, 0.4) is 0 Å². The number of ketones is 1. The van der Waals surface area contributed by atoms with Crippen LogP contribution in [0.25, 0.3) is 0 Å². The first-order valence-electron chi connectivity index (χ1n) is 8.34. The summed E-state index contributed by atoms with van der Waals surface area (Å²) >= 11 is 0. The summed E-state index contributed by atoms with van der Waals surface area (Å²) in [5, 5.41) is 13.1. The van der Waals surface area contributed by atoms with Gasteiger partial charge in [0.2, 0.25) is 0 Å². The third-order valence-corrected chi connectivity index (χ3v) is 4.53. The van der Waals surface area contributed by atoms with E-state index in [1.54, 1.807) is 18.2 Å². The molecule has 1 aliphatic heterocycles. The summed E-state index contributed by atoms with van der Waals surface area (Å²) in [7, 11) is 0. The highest BCUT2D eigenvalue weighted by molar-refractivity contribution is 6.03. The van der Waals surface area contributed by atoms with Gasteiger partial charge in [-0.2, -0.15) is 0 Å². The number of allylic oxidation sites excluding steroid dienone is 3. The Morgan fingerprint density at radius 3 is 2.96 bits per heavy atom. The molecule has 1 aromatic carbocycles. The summed E-state index contributed by atoms with van der Waals surface area (Å²) < 4.78 is 5.25. The van der Waals surface area contributed by atoms with Crippen molar-refractivity contribution in [3.05, 3.63) is 65.0 Å². The van der Waals surface area contributed by atoms with Crippen LogP contribution in [0.2, 0.25) is 0 Å². The van der Waals surface area contributed by atoms with Crippen LogP contribution in [0.1, 0.15) is 37.7 Å². The number of rotatable bonds is 4. The van der Waals surface area contributed by atoms with Gasteiger partial charge in [0.05, 0.1) is 5.57 Å². The number of hydrogen-bond donors (Lipinski definition) is 2. The lowest BCUT2D eigenvalue weighted by molar-refractivity contribution is -0.138. The Bertz CT molecular complexity index is 804.